The van der Waals surface area contributed by atoms with E-state index in [0.29, 0.717) is 35.0 Å². The zero-order valence-electron chi connectivity index (χ0n) is 18.9. The van der Waals surface area contributed by atoms with E-state index in [-0.39, 0.29) is 11.6 Å². The van der Waals surface area contributed by atoms with Crippen LogP contribution in [0.15, 0.2) is 54.9 Å². The number of aromatic hydroxyl groups is 1. The number of phenols is 1. The van der Waals surface area contributed by atoms with Crippen LogP contribution < -0.4 is 20.3 Å². The van der Waals surface area contributed by atoms with Gasteiger partial charge in [-0.15, -0.1) is 0 Å². The molecule has 1 aliphatic rings. The fourth-order valence-electron chi connectivity index (χ4n) is 3.68. The molecular weight excluding hydrogens is 450 g/mol. The lowest BCUT2D eigenvalue weighted by molar-refractivity contribution is 0.106. The Labute approximate surface area is 200 Å². The molecule has 1 aromatic carbocycles. The van der Waals surface area contributed by atoms with Crippen LogP contribution in [0.2, 0.25) is 0 Å². The molecule has 11 heteroatoms. The summed E-state index contributed by atoms with van der Waals surface area (Å²) in [4.78, 5) is 32.3. The summed E-state index contributed by atoms with van der Waals surface area (Å²) in [6.45, 7) is 2.06. The first kappa shape index (κ1) is 22.3. The summed E-state index contributed by atoms with van der Waals surface area (Å²) in [6, 6.07) is 11.6. The Kier molecular flexibility index (Phi) is 6.22. The summed E-state index contributed by atoms with van der Waals surface area (Å²) >= 11 is 0. The molecule has 4 aromatic rings. The molecule has 5 rings (SSSR count). The maximum absolute atomic E-state index is 12.6. The Balaban J connectivity index is 1.31. The van der Waals surface area contributed by atoms with E-state index in [9.17, 15) is 9.90 Å². The van der Waals surface area contributed by atoms with Gasteiger partial charge in [0.25, 0.3) is 0 Å². The fourth-order valence-corrected chi connectivity index (χ4v) is 3.68. The number of phenolic OH excluding ortho intramolecular Hbond substituents is 1. The zero-order chi connectivity index (χ0) is 24.2. The number of pyridine rings is 2. The van der Waals surface area contributed by atoms with Gasteiger partial charge in [0, 0.05) is 30.1 Å². The number of amides is 2. The topological polar surface area (TPSA) is 135 Å². The van der Waals surface area contributed by atoms with Crippen LogP contribution in [0.5, 0.6) is 11.5 Å². The molecule has 11 nitrogen and oxygen atoms in total. The first-order valence-electron chi connectivity index (χ1n) is 11.0. The van der Waals surface area contributed by atoms with E-state index in [0.717, 1.165) is 31.0 Å². The highest BCUT2D eigenvalue weighted by molar-refractivity contribution is 5.99. The molecular formula is C24H23N7O4. The highest BCUT2D eigenvalue weighted by atomic mass is 16.5. The Morgan fingerprint density at radius 1 is 1.11 bits per heavy atom. The summed E-state index contributed by atoms with van der Waals surface area (Å²) in [5.74, 6) is 1.37. The van der Waals surface area contributed by atoms with Crippen molar-refractivity contribution in [2.75, 3.05) is 42.5 Å². The van der Waals surface area contributed by atoms with Crippen molar-refractivity contribution in [1.82, 2.24) is 19.9 Å². The van der Waals surface area contributed by atoms with Gasteiger partial charge in [0.15, 0.2) is 23.0 Å². The summed E-state index contributed by atoms with van der Waals surface area (Å²) < 4.78 is 10.6. The molecule has 1 aliphatic heterocycles. The van der Waals surface area contributed by atoms with Gasteiger partial charge in [0.05, 0.1) is 25.6 Å². The van der Waals surface area contributed by atoms with Gasteiger partial charge in [-0.1, -0.05) is 0 Å². The van der Waals surface area contributed by atoms with E-state index in [4.69, 9.17) is 9.47 Å². The lowest BCUT2D eigenvalue weighted by Gasteiger charge is -2.27. The molecule has 0 spiro atoms. The summed E-state index contributed by atoms with van der Waals surface area (Å²) in [5, 5.41) is 15.3. The highest BCUT2D eigenvalue weighted by Crippen LogP contribution is 2.31. The number of fused-ring (bicyclic) bond motifs is 1. The number of methoxy groups -OCH3 is 1. The highest BCUT2D eigenvalue weighted by Gasteiger charge is 2.14. The number of benzene rings is 1. The molecule has 1 saturated heterocycles. The molecule has 0 radical (unpaired) electrons. The van der Waals surface area contributed by atoms with Crippen LogP contribution in [-0.4, -0.2) is 58.1 Å². The quantitative estimate of drug-likeness (QED) is 0.397. The van der Waals surface area contributed by atoms with Crippen molar-refractivity contribution in [2.45, 2.75) is 6.42 Å². The first-order valence-corrected chi connectivity index (χ1v) is 11.0. The number of nitrogens with one attached hydrogen (secondary N) is 2. The summed E-state index contributed by atoms with van der Waals surface area (Å²) in [5.41, 5.74) is 2.90. The van der Waals surface area contributed by atoms with Gasteiger partial charge in [-0.25, -0.2) is 24.7 Å². The molecule has 0 saturated carbocycles. The number of ether oxygens (including phenoxy) is 2. The first-order chi connectivity index (χ1) is 17.1. The Morgan fingerprint density at radius 2 is 2.03 bits per heavy atom. The molecule has 178 valence electrons. The van der Waals surface area contributed by atoms with E-state index in [1.54, 1.807) is 42.6 Å². The number of nitrogens with zero attached hydrogens (tertiary/aromatic N) is 5. The predicted octanol–water partition coefficient (Wildman–Crippen LogP) is 3.63. The SMILES string of the molecule is COc1cc(-c2ccc3ncc(NC(=O)Nc4ccnc(N5CCCOC5)c4)nc3n2)ccc1O. The van der Waals surface area contributed by atoms with Crippen molar-refractivity contribution < 1.29 is 19.4 Å². The van der Waals surface area contributed by atoms with Gasteiger partial charge >= 0.3 is 6.03 Å². The fraction of sp³-hybridized carbons (Fsp3) is 0.208. The van der Waals surface area contributed by atoms with Gasteiger partial charge in [0.2, 0.25) is 0 Å². The number of carbonyl (C=O) groups excluding carboxylic acids is 1. The molecule has 3 aromatic heterocycles. The monoisotopic (exact) mass is 473 g/mol. The van der Waals surface area contributed by atoms with Crippen LogP contribution in [0.4, 0.5) is 22.1 Å². The van der Waals surface area contributed by atoms with Crippen molar-refractivity contribution in [1.29, 1.82) is 0 Å². The summed E-state index contributed by atoms with van der Waals surface area (Å²) in [6.07, 6.45) is 4.03. The average Bonchev–Trinajstić information content (AvgIpc) is 2.89. The molecule has 0 aliphatic carbocycles. The number of aromatic nitrogens is 4. The van der Waals surface area contributed by atoms with Crippen LogP contribution in [-0.2, 0) is 4.74 Å². The van der Waals surface area contributed by atoms with Crippen molar-refractivity contribution in [3.8, 4) is 22.8 Å². The van der Waals surface area contributed by atoms with E-state index >= 15 is 0 Å². The third-order valence-corrected chi connectivity index (χ3v) is 5.42. The molecule has 0 unspecified atom stereocenters. The third kappa shape index (κ3) is 5.04. The van der Waals surface area contributed by atoms with Crippen LogP contribution in [0.25, 0.3) is 22.4 Å². The second kappa shape index (κ2) is 9.77. The number of hydrogen-bond acceptors (Lipinski definition) is 9. The van der Waals surface area contributed by atoms with Gasteiger partial charge < -0.3 is 24.8 Å². The van der Waals surface area contributed by atoms with Crippen molar-refractivity contribution in [3.05, 3.63) is 54.9 Å². The maximum atomic E-state index is 12.6. The zero-order valence-corrected chi connectivity index (χ0v) is 18.9. The normalized spacial score (nSPS) is 13.5. The molecule has 0 bridgehead atoms. The standard InChI is InChI=1S/C24H23N7O4/c1-34-20-11-15(3-6-19(20)32)17-4-5-18-23(28-17)29-21(13-26-18)30-24(33)27-16-7-8-25-22(12-16)31-9-2-10-35-14-31/h3-8,11-13,32H,2,9-10,14H2,1H3,(H2,25,27,28,29,30,33). The van der Waals surface area contributed by atoms with Crippen LogP contribution >= 0.6 is 0 Å². The van der Waals surface area contributed by atoms with Crippen molar-refractivity contribution in [3.63, 3.8) is 0 Å². The number of urea groups is 1. The van der Waals surface area contributed by atoms with E-state index < -0.39 is 6.03 Å². The molecule has 0 atom stereocenters. The molecule has 35 heavy (non-hydrogen) atoms. The third-order valence-electron chi connectivity index (χ3n) is 5.42. The van der Waals surface area contributed by atoms with Crippen LogP contribution in [0.3, 0.4) is 0 Å². The minimum Gasteiger partial charge on any atom is -0.504 e. The Hall–Kier alpha value is -4.51. The van der Waals surface area contributed by atoms with E-state index in [1.807, 2.05) is 4.90 Å². The minimum absolute atomic E-state index is 0.0416. The van der Waals surface area contributed by atoms with E-state index in [1.165, 1.54) is 19.4 Å². The molecule has 4 heterocycles. The molecule has 1 fully saturated rings. The molecule has 2 amide bonds. The minimum atomic E-state index is -0.467. The Bertz CT molecular complexity index is 1380. The number of carbonyl (C=O) groups is 1. The summed E-state index contributed by atoms with van der Waals surface area (Å²) in [7, 11) is 1.48. The van der Waals surface area contributed by atoms with Gasteiger partial charge in [-0.05, 0) is 42.8 Å². The lowest BCUT2D eigenvalue weighted by Crippen LogP contribution is -2.33. The van der Waals surface area contributed by atoms with Crippen LogP contribution in [0, 0.1) is 0 Å². The van der Waals surface area contributed by atoms with Gasteiger partial charge in [0.1, 0.15) is 18.1 Å². The van der Waals surface area contributed by atoms with Crippen molar-refractivity contribution >= 4 is 34.5 Å². The van der Waals surface area contributed by atoms with Gasteiger partial charge in [-0.3, -0.25) is 5.32 Å². The average molecular weight is 473 g/mol. The van der Waals surface area contributed by atoms with Crippen molar-refractivity contribution in [2.24, 2.45) is 0 Å². The van der Waals surface area contributed by atoms with Gasteiger partial charge in [-0.2, -0.15) is 0 Å². The van der Waals surface area contributed by atoms with E-state index in [2.05, 4.69) is 30.6 Å². The smallest absolute Gasteiger partial charge is 0.324 e. The number of rotatable bonds is 5. The second-order valence-electron chi connectivity index (χ2n) is 7.82. The molecule has 3 N–H and O–H groups in total. The number of hydrogen-bond donors (Lipinski definition) is 3. The lowest BCUT2D eigenvalue weighted by atomic mass is 10.1. The largest absolute Gasteiger partial charge is 0.504 e. The second-order valence-corrected chi connectivity index (χ2v) is 7.82. The number of anilines is 3. The Morgan fingerprint density at radius 3 is 2.86 bits per heavy atom. The van der Waals surface area contributed by atoms with Crippen LogP contribution in [0.1, 0.15) is 6.42 Å². The maximum Gasteiger partial charge on any atom is 0.324 e. The predicted molar refractivity (Wildman–Crippen MR) is 131 cm³/mol.